The molecule has 9 rings (SSSR count). The van der Waals surface area contributed by atoms with E-state index < -0.39 is 12.1 Å². The highest BCUT2D eigenvalue weighted by molar-refractivity contribution is 5.91. The number of aromatic nitrogens is 4. The molecule has 4 aromatic carbocycles. The summed E-state index contributed by atoms with van der Waals surface area (Å²) in [6.45, 7) is 5.45. The number of nitrogens with zero attached hydrogens (tertiary/aromatic N) is 5. The lowest BCUT2D eigenvalue weighted by molar-refractivity contribution is -0.137. The monoisotopic (exact) mass is 820 g/mol. The molecule has 0 bridgehead atoms. The minimum absolute atomic E-state index is 0.0949. The number of ether oxygens (including phenoxy) is 2. The highest BCUT2D eigenvalue weighted by atomic mass is 16.5. The van der Waals surface area contributed by atoms with E-state index in [4.69, 9.17) is 19.4 Å². The molecule has 314 valence electrons. The number of methoxy groups -OCH3 is 1. The number of imidazole rings is 2. The van der Waals surface area contributed by atoms with Crippen molar-refractivity contribution in [2.75, 3.05) is 34.3 Å². The Morgan fingerprint density at radius 2 is 1.48 bits per heavy atom. The number of benzene rings is 4. The summed E-state index contributed by atoms with van der Waals surface area (Å²) < 4.78 is 11.1. The van der Waals surface area contributed by atoms with Crippen LogP contribution in [-0.4, -0.2) is 92.9 Å². The number of aromatic amines is 2. The number of likely N-dealkylation sites (tertiary alicyclic amines) is 2. The molecule has 0 spiro atoms. The zero-order valence-corrected chi connectivity index (χ0v) is 35.3. The molecule has 2 aromatic heterocycles. The van der Waals surface area contributed by atoms with Gasteiger partial charge < -0.3 is 34.6 Å². The van der Waals surface area contributed by atoms with Crippen LogP contribution in [0.3, 0.4) is 0 Å². The first-order valence-electron chi connectivity index (χ1n) is 21.2. The molecule has 61 heavy (non-hydrogen) atoms. The standard InChI is InChI=1S/C48H52N8O5/c1-28(2)41(53-48(59)60-5)46(57)55-21-10-14-39(55)45-51-37-27-61-40-25-33(19-20-35(40)42(37)52-45)31-15-16-32-24-34(18-17-30(32)23-31)36-26-49-44(50-36)38-13-9-22-56(38)47(58)43(54(3)4)29-11-7-6-8-12-29/h6-8,11-12,15-20,23-26,28,38-39,41,43H,9-10,13-14,21-22,27H2,1-5H3,(H,49,50)(H,51,52)(H,53,59). The number of nitrogens with one attached hydrogen (secondary N) is 3. The fraction of sp³-hybridized carbons (Fsp3) is 0.354. The van der Waals surface area contributed by atoms with E-state index in [-0.39, 0.29) is 35.9 Å². The first-order chi connectivity index (χ1) is 29.6. The lowest BCUT2D eigenvalue weighted by Crippen LogP contribution is -2.51. The van der Waals surface area contributed by atoms with Crippen LogP contribution in [0.25, 0.3) is 44.4 Å². The molecule has 13 nitrogen and oxygen atoms in total. The number of H-pyrrole nitrogens is 2. The summed E-state index contributed by atoms with van der Waals surface area (Å²) in [7, 11) is 5.21. The van der Waals surface area contributed by atoms with Crippen LogP contribution >= 0.6 is 0 Å². The first kappa shape index (κ1) is 40.0. The molecule has 4 atom stereocenters. The van der Waals surface area contributed by atoms with Gasteiger partial charge in [-0.1, -0.05) is 74.5 Å². The summed E-state index contributed by atoms with van der Waals surface area (Å²) in [4.78, 5) is 62.5. The van der Waals surface area contributed by atoms with Gasteiger partial charge in [0.15, 0.2) is 0 Å². The van der Waals surface area contributed by atoms with Gasteiger partial charge >= 0.3 is 6.09 Å². The van der Waals surface area contributed by atoms with E-state index in [0.717, 1.165) is 98.8 Å². The number of fused-ring (bicyclic) bond motifs is 4. The molecule has 3 aliphatic rings. The van der Waals surface area contributed by atoms with Gasteiger partial charge in [0.1, 0.15) is 36.1 Å². The van der Waals surface area contributed by atoms with Gasteiger partial charge in [-0.15, -0.1) is 0 Å². The maximum absolute atomic E-state index is 14.0. The van der Waals surface area contributed by atoms with Gasteiger partial charge in [0, 0.05) is 24.2 Å². The molecule has 13 heteroatoms. The molecule has 3 amide bonds. The van der Waals surface area contributed by atoms with E-state index in [1.54, 1.807) is 0 Å². The smallest absolute Gasteiger partial charge is 0.407 e. The van der Waals surface area contributed by atoms with Gasteiger partial charge in [-0.25, -0.2) is 14.8 Å². The summed E-state index contributed by atoms with van der Waals surface area (Å²) in [6.07, 6.45) is 4.67. The lowest BCUT2D eigenvalue weighted by Gasteiger charge is -2.31. The Labute approximate surface area is 355 Å². The van der Waals surface area contributed by atoms with E-state index in [9.17, 15) is 14.4 Å². The Balaban J connectivity index is 0.909. The van der Waals surface area contributed by atoms with Crippen molar-refractivity contribution in [2.45, 2.75) is 70.3 Å². The molecule has 2 fully saturated rings. The van der Waals surface area contributed by atoms with Crippen LogP contribution in [0.5, 0.6) is 5.75 Å². The minimum Gasteiger partial charge on any atom is -0.487 e. The quantitative estimate of drug-likeness (QED) is 0.125. The van der Waals surface area contributed by atoms with Gasteiger partial charge in [0.05, 0.1) is 42.5 Å². The van der Waals surface area contributed by atoms with Gasteiger partial charge in [-0.05, 0) is 97.4 Å². The van der Waals surface area contributed by atoms with Gasteiger partial charge in [-0.3, -0.25) is 14.5 Å². The fourth-order valence-electron chi connectivity index (χ4n) is 9.29. The molecule has 0 saturated carbocycles. The van der Waals surface area contributed by atoms with Crippen molar-refractivity contribution in [3.8, 4) is 39.4 Å². The van der Waals surface area contributed by atoms with Crippen molar-refractivity contribution in [2.24, 2.45) is 5.92 Å². The van der Waals surface area contributed by atoms with Crippen LogP contribution in [0.4, 0.5) is 4.79 Å². The number of carbonyl (C=O) groups is 3. The second kappa shape index (κ2) is 16.5. The van der Waals surface area contributed by atoms with Crippen molar-refractivity contribution in [3.05, 3.63) is 114 Å². The van der Waals surface area contributed by atoms with Gasteiger partial charge in [-0.2, -0.15) is 0 Å². The minimum atomic E-state index is -0.697. The van der Waals surface area contributed by atoms with Crippen LogP contribution in [0, 0.1) is 5.92 Å². The van der Waals surface area contributed by atoms with E-state index in [1.807, 2.05) is 79.2 Å². The fourth-order valence-corrected chi connectivity index (χ4v) is 9.29. The van der Waals surface area contributed by atoms with Gasteiger partial charge in [0.25, 0.3) is 0 Å². The number of carbonyl (C=O) groups excluding carboxylic acids is 3. The average Bonchev–Trinajstić information content (AvgIpc) is 4.11. The molecule has 3 aliphatic heterocycles. The second-order valence-electron chi connectivity index (χ2n) is 16.9. The van der Waals surface area contributed by atoms with Crippen LogP contribution in [0.15, 0.2) is 91.1 Å². The van der Waals surface area contributed by atoms with Crippen molar-refractivity contribution < 1.29 is 23.9 Å². The largest absolute Gasteiger partial charge is 0.487 e. The second-order valence-corrected chi connectivity index (χ2v) is 16.9. The Morgan fingerprint density at radius 1 is 0.820 bits per heavy atom. The Hall–Kier alpha value is -6.47. The third kappa shape index (κ3) is 7.63. The highest BCUT2D eigenvalue weighted by Crippen LogP contribution is 2.42. The molecule has 4 unspecified atom stereocenters. The van der Waals surface area contributed by atoms with Crippen molar-refractivity contribution in [1.29, 1.82) is 0 Å². The van der Waals surface area contributed by atoms with Crippen LogP contribution in [-0.2, 0) is 20.9 Å². The number of hydrogen-bond donors (Lipinski definition) is 3. The number of hydrogen-bond acceptors (Lipinski definition) is 8. The molecule has 0 radical (unpaired) electrons. The van der Waals surface area contributed by atoms with Crippen LogP contribution in [0.1, 0.15) is 80.6 Å². The van der Waals surface area contributed by atoms with Crippen molar-refractivity contribution >= 4 is 28.7 Å². The number of rotatable bonds is 10. The summed E-state index contributed by atoms with van der Waals surface area (Å²) >= 11 is 0. The number of alkyl carbamates (subject to hydrolysis) is 1. The molecule has 0 aliphatic carbocycles. The molecule has 5 heterocycles. The molecular formula is C48H52N8O5. The topological polar surface area (TPSA) is 149 Å². The predicted octanol–water partition coefficient (Wildman–Crippen LogP) is 8.19. The molecule has 6 aromatic rings. The highest BCUT2D eigenvalue weighted by Gasteiger charge is 2.39. The summed E-state index contributed by atoms with van der Waals surface area (Å²) in [5.41, 5.74) is 7.66. The number of amides is 3. The number of likely N-dealkylation sites (N-methyl/N-ethyl adjacent to an activating group) is 1. The summed E-state index contributed by atoms with van der Waals surface area (Å²) in [5.74, 6) is 2.14. The zero-order valence-electron chi connectivity index (χ0n) is 35.3. The van der Waals surface area contributed by atoms with Gasteiger partial charge in [0.2, 0.25) is 11.8 Å². The van der Waals surface area contributed by atoms with Crippen LogP contribution in [0.2, 0.25) is 0 Å². The molecule has 2 saturated heterocycles. The first-order valence-corrected chi connectivity index (χ1v) is 21.2. The normalized spacial score (nSPS) is 18.2. The third-order valence-electron chi connectivity index (χ3n) is 12.4. The average molecular weight is 821 g/mol. The molecular weight excluding hydrogens is 769 g/mol. The van der Waals surface area contributed by atoms with Crippen LogP contribution < -0.4 is 10.1 Å². The van der Waals surface area contributed by atoms with E-state index in [2.05, 4.69) is 69.9 Å². The molecule has 3 N–H and O–H groups in total. The zero-order chi connectivity index (χ0) is 42.4. The Bertz CT molecular complexity index is 2600. The Morgan fingerprint density at radius 3 is 2.18 bits per heavy atom. The van der Waals surface area contributed by atoms with E-state index >= 15 is 0 Å². The summed E-state index contributed by atoms with van der Waals surface area (Å²) in [6, 6.07) is 27.7. The predicted molar refractivity (Wildman–Crippen MR) is 233 cm³/mol. The Kier molecular flexibility index (Phi) is 10.8. The van der Waals surface area contributed by atoms with E-state index in [1.165, 1.54) is 7.11 Å². The maximum atomic E-state index is 14.0. The third-order valence-corrected chi connectivity index (χ3v) is 12.4. The SMILES string of the molecule is COC(=O)NC(C(=O)N1CCCC1c1nc2c([nH]1)COc1cc(-c3ccc4cc(-c5cnc(C6CCCN6C(=O)C(c6ccccc6)N(C)C)[nH]5)ccc4c3)ccc1-2)C(C)C. The summed E-state index contributed by atoms with van der Waals surface area (Å²) in [5, 5.41) is 4.94. The van der Waals surface area contributed by atoms with Crippen molar-refractivity contribution in [1.82, 2.24) is 40.0 Å². The lowest BCUT2D eigenvalue weighted by atomic mass is 9.97. The van der Waals surface area contributed by atoms with E-state index in [0.29, 0.717) is 19.7 Å². The maximum Gasteiger partial charge on any atom is 0.407 e. The van der Waals surface area contributed by atoms with Crippen molar-refractivity contribution in [3.63, 3.8) is 0 Å².